The minimum Gasteiger partial charge on any atom is -0.496 e. The highest BCUT2D eigenvalue weighted by Gasteiger charge is 2.20. The summed E-state index contributed by atoms with van der Waals surface area (Å²) >= 11 is 0. The molecule has 0 radical (unpaired) electrons. The number of benzene rings is 1. The summed E-state index contributed by atoms with van der Waals surface area (Å²) in [5.74, 6) is 1.68. The largest absolute Gasteiger partial charge is 0.496 e. The Labute approximate surface area is 131 Å². The second-order valence-corrected chi connectivity index (χ2v) is 4.87. The van der Waals surface area contributed by atoms with E-state index in [0.29, 0.717) is 30.4 Å². The molecule has 1 rings (SSSR count). The maximum absolute atomic E-state index is 11.5. The fraction of sp³-hybridized carbons (Fsp3) is 0.500. The molecule has 0 aliphatic heterocycles. The van der Waals surface area contributed by atoms with E-state index in [2.05, 4.69) is 5.32 Å². The number of rotatable bonds is 7. The lowest BCUT2D eigenvalue weighted by atomic mass is 10.1. The van der Waals surface area contributed by atoms with Gasteiger partial charge < -0.3 is 25.3 Å². The Morgan fingerprint density at radius 2 is 1.62 bits per heavy atom. The van der Waals surface area contributed by atoms with Gasteiger partial charge in [0.15, 0.2) is 0 Å². The van der Waals surface area contributed by atoms with E-state index in [0.717, 1.165) is 0 Å². The minimum absolute atomic E-state index is 0. The third kappa shape index (κ3) is 6.55. The van der Waals surface area contributed by atoms with Crippen molar-refractivity contribution in [2.75, 3.05) is 27.4 Å². The van der Waals surface area contributed by atoms with Crippen LogP contribution in [-0.4, -0.2) is 38.8 Å². The van der Waals surface area contributed by atoms with Gasteiger partial charge in [-0.05, 0) is 13.8 Å². The fourth-order valence-electron chi connectivity index (χ4n) is 1.43. The molecule has 0 aliphatic rings. The average Bonchev–Trinajstić information content (AvgIpc) is 2.41. The van der Waals surface area contributed by atoms with Crippen molar-refractivity contribution in [1.29, 1.82) is 0 Å². The normalized spacial score (nSPS) is 10.3. The average molecular weight is 319 g/mol. The number of amides is 1. The van der Waals surface area contributed by atoms with E-state index in [4.69, 9.17) is 19.9 Å². The SMILES string of the molecule is COc1cc(OC)cc(OCCNC(=O)C(C)(C)N)c1.Cl. The second-order valence-electron chi connectivity index (χ2n) is 4.87. The van der Waals surface area contributed by atoms with Gasteiger partial charge in [0.1, 0.15) is 23.9 Å². The molecule has 3 N–H and O–H groups in total. The van der Waals surface area contributed by atoms with E-state index in [1.807, 2.05) is 0 Å². The first-order chi connectivity index (χ1) is 9.36. The zero-order valence-electron chi connectivity index (χ0n) is 12.8. The third-order valence-electron chi connectivity index (χ3n) is 2.57. The number of methoxy groups -OCH3 is 2. The molecule has 7 heteroatoms. The molecule has 0 saturated heterocycles. The highest BCUT2D eigenvalue weighted by atomic mass is 35.5. The van der Waals surface area contributed by atoms with Crippen LogP contribution in [0.1, 0.15) is 13.8 Å². The topological polar surface area (TPSA) is 82.8 Å². The second kappa shape index (κ2) is 8.59. The number of ether oxygens (including phenoxy) is 3. The fourth-order valence-corrected chi connectivity index (χ4v) is 1.43. The minimum atomic E-state index is -0.890. The summed E-state index contributed by atoms with van der Waals surface area (Å²) in [5, 5.41) is 2.70. The molecule has 0 heterocycles. The monoisotopic (exact) mass is 318 g/mol. The molecule has 0 atom stereocenters. The summed E-state index contributed by atoms with van der Waals surface area (Å²) in [5.41, 5.74) is 4.77. The van der Waals surface area contributed by atoms with Crippen molar-refractivity contribution in [3.05, 3.63) is 18.2 Å². The first-order valence-electron chi connectivity index (χ1n) is 6.30. The Hall–Kier alpha value is -1.66. The molecular formula is C14H23ClN2O4. The van der Waals surface area contributed by atoms with Gasteiger partial charge in [0.25, 0.3) is 0 Å². The summed E-state index contributed by atoms with van der Waals surface area (Å²) < 4.78 is 15.8. The van der Waals surface area contributed by atoms with Crippen LogP contribution in [0.15, 0.2) is 18.2 Å². The predicted octanol–water partition coefficient (Wildman–Crippen LogP) is 1.36. The lowest BCUT2D eigenvalue weighted by molar-refractivity contribution is -0.125. The number of carbonyl (C=O) groups excluding carboxylic acids is 1. The van der Waals surface area contributed by atoms with Gasteiger partial charge in [0.2, 0.25) is 5.91 Å². The van der Waals surface area contributed by atoms with E-state index < -0.39 is 5.54 Å². The lowest BCUT2D eigenvalue weighted by Crippen LogP contribution is -2.49. The van der Waals surface area contributed by atoms with Crippen molar-refractivity contribution < 1.29 is 19.0 Å². The predicted molar refractivity (Wildman–Crippen MR) is 83.6 cm³/mol. The van der Waals surface area contributed by atoms with Gasteiger partial charge in [0.05, 0.1) is 26.3 Å². The highest BCUT2D eigenvalue weighted by molar-refractivity contribution is 5.85. The van der Waals surface area contributed by atoms with Crippen molar-refractivity contribution >= 4 is 18.3 Å². The first-order valence-corrected chi connectivity index (χ1v) is 6.30. The lowest BCUT2D eigenvalue weighted by Gasteiger charge is -2.18. The number of halogens is 1. The van der Waals surface area contributed by atoms with E-state index in [1.165, 1.54) is 0 Å². The van der Waals surface area contributed by atoms with Gasteiger partial charge in [-0.3, -0.25) is 4.79 Å². The molecule has 0 spiro atoms. The molecule has 0 saturated carbocycles. The summed E-state index contributed by atoms with van der Waals surface area (Å²) in [7, 11) is 3.14. The van der Waals surface area contributed by atoms with Crippen molar-refractivity contribution in [3.8, 4) is 17.2 Å². The summed E-state index contributed by atoms with van der Waals surface area (Å²) in [6.45, 7) is 4.00. The molecule has 120 valence electrons. The Balaban J connectivity index is 0.00000400. The molecule has 0 fully saturated rings. The van der Waals surface area contributed by atoms with E-state index in [9.17, 15) is 4.79 Å². The van der Waals surface area contributed by atoms with Crippen LogP contribution in [0.5, 0.6) is 17.2 Å². The van der Waals surface area contributed by atoms with E-state index in [-0.39, 0.29) is 18.3 Å². The van der Waals surface area contributed by atoms with Gasteiger partial charge in [-0.15, -0.1) is 12.4 Å². The molecule has 21 heavy (non-hydrogen) atoms. The molecule has 0 bridgehead atoms. The zero-order valence-corrected chi connectivity index (χ0v) is 13.6. The van der Waals surface area contributed by atoms with Crippen LogP contribution in [0.25, 0.3) is 0 Å². The molecule has 1 amide bonds. The van der Waals surface area contributed by atoms with Crippen LogP contribution >= 0.6 is 12.4 Å². The quantitative estimate of drug-likeness (QED) is 0.742. The molecule has 0 aliphatic carbocycles. The molecule has 6 nitrogen and oxygen atoms in total. The van der Waals surface area contributed by atoms with E-state index >= 15 is 0 Å². The van der Waals surface area contributed by atoms with Gasteiger partial charge in [0, 0.05) is 18.2 Å². The summed E-state index contributed by atoms with van der Waals surface area (Å²) in [6, 6.07) is 5.25. The molecule has 0 aromatic heterocycles. The maximum Gasteiger partial charge on any atom is 0.239 e. The number of hydrogen-bond donors (Lipinski definition) is 2. The van der Waals surface area contributed by atoms with Crippen molar-refractivity contribution in [3.63, 3.8) is 0 Å². The van der Waals surface area contributed by atoms with Crippen LogP contribution < -0.4 is 25.3 Å². The van der Waals surface area contributed by atoms with Crippen LogP contribution in [0.3, 0.4) is 0 Å². The molecule has 1 aromatic carbocycles. The van der Waals surface area contributed by atoms with Crippen molar-refractivity contribution in [2.24, 2.45) is 5.73 Å². The smallest absolute Gasteiger partial charge is 0.239 e. The Bertz CT molecular complexity index is 439. The number of hydrogen-bond acceptors (Lipinski definition) is 5. The van der Waals surface area contributed by atoms with Crippen molar-refractivity contribution in [2.45, 2.75) is 19.4 Å². The third-order valence-corrected chi connectivity index (χ3v) is 2.57. The van der Waals surface area contributed by atoms with E-state index in [1.54, 1.807) is 46.3 Å². The van der Waals surface area contributed by atoms with Gasteiger partial charge in [-0.2, -0.15) is 0 Å². The van der Waals surface area contributed by atoms with Gasteiger partial charge in [-0.25, -0.2) is 0 Å². The van der Waals surface area contributed by atoms with Crippen LogP contribution in [-0.2, 0) is 4.79 Å². The van der Waals surface area contributed by atoms with Gasteiger partial charge in [-0.1, -0.05) is 0 Å². The zero-order chi connectivity index (χ0) is 15.2. The number of carbonyl (C=O) groups is 1. The van der Waals surface area contributed by atoms with Crippen LogP contribution in [0.4, 0.5) is 0 Å². The summed E-state index contributed by atoms with van der Waals surface area (Å²) in [6.07, 6.45) is 0. The molecular weight excluding hydrogens is 296 g/mol. The van der Waals surface area contributed by atoms with Crippen molar-refractivity contribution in [1.82, 2.24) is 5.32 Å². The Morgan fingerprint density at radius 3 is 2.05 bits per heavy atom. The number of nitrogens with two attached hydrogens (primary N) is 1. The van der Waals surface area contributed by atoms with Crippen LogP contribution in [0.2, 0.25) is 0 Å². The molecule has 0 unspecified atom stereocenters. The van der Waals surface area contributed by atoms with Gasteiger partial charge >= 0.3 is 0 Å². The van der Waals surface area contributed by atoms with Crippen LogP contribution in [0, 0.1) is 0 Å². The summed E-state index contributed by atoms with van der Waals surface area (Å²) in [4.78, 5) is 11.5. The number of nitrogens with one attached hydrogen (secondary N) is 1. The highest BCUT2D eigenvalue weighted by Crippen LogP contribution is 2.27. The molecule has 1 aromatic rings. The first kappa shape index (κ1) is 19.3. The Kier molecular flexibility index (Phi) is 7.91. The Morgan fingerprint density at radius 1 is 1.14 bits per heavy atom. The maximum atomic E-state index is 11.5. The standard InChI is InChI=1S/C14H22N2O4.ClH/c1-14(2,15)13(17)16-5-6-20-12-8-10(18-3)7-11(9-12)19-4;/h7-9H,5-6,15H2,1-4H3,(H,16,17);1H.